The number of Topliss-reactive ketones (excluding diaryl/α,β-unsaturated/α-hetero) is 1. The zero-order valence-corrected chi connectivity index (χ0v) is 6.78. The molecule has 1 heterocycles. The zero-order chi connectivity index (χ0) is 7.72. The van der Waals surface area contributed by atoms with Gasteiger partial charge in [-0.2, -0.15) is 0 Å². The second-order valence-electron chi connectivity index (χ2n) is 1.82. The van der Waals surface area contributed by atoms with Crippen molar-refractivity contribution in [3.8, 4) is 0 Å². The molecule has 0 aliphatic heterocycles. The van der Waals surface area contributed by atoms with E-state index in [2.05, 4.69) is 26.1 Å². The lowest BCUT2D eigenvalue weighted by Gasteiger charge is -1.83. The molecule has 0 saturated heterocycles. The Kier molecular flexibility index (Phi) is 1.76. The van der Waals surface area contributed by atoms with Gasteiger partial charge >= 0.3 is 0 Å². The summed E-state index contributed by atoms with van der Waals surface area (Å²) in [6.07, 6.45) is 0. The summed E-state index contributed by atoms with van der Waals surface area (Å²) in [4.78, 5) is 21.4. The molecular weight excluding hydrogens is 200 g/mol. The van der Waals surface area contributed by atoms with Crippen molar-refractivity contribution in [1.29, 1.82) is 0 Å². The largest absolute Gasteiger partial charge is 0.294 e. The highest BCUT2D eigenvalue weighted by Gasteiger charge is 2.10. The molecule has 1 rings (SSSR count). The summed E-state index contributed by atoms with van der Waals surface area (Å²) >= 11 is 3.01. The number of carbonyl (C=O) groups excluding carboxylic acids is 1. The van der Waals surface area contributed by atoms with Crippen molar-refractivity contribution in [2.75, 3.05) is 0 Å². The summed E-state index contributed by atoms with van der Waals surface area (Å²) < 4.78 is 0.407. The third kappa shape index (κ3) is 1.04. The Labute approximate surface area is 64.7 Å². The molecule has 0 aliphatic rings. The van der Waals surface area contributed by atoms with E-state index in [4.69, 9.17) is 0 Å². The van der Waals surface area contributed by atoms with Gasteiger partial charge in [-0.3, -0.25) is 19.8 Å². The summed E-state index contributed by atoms with van der Waals surface area (Å²) in [5.74, 6) is -0.255. The summed E-state index contributed by atoms with van der Waals surface area (Å²) in [5, 5.41) is 4.75. The Balaban J connectivity index is 3.37. The number of hydrogen-bond donors (Lipinski definition) is 2. The average molecular weight is 205 g/mol. The van der Waals surface area contributed by atoms with Crippen LogP contribution in [0.3, 0.4) is 0 Å². The number of rotatable bonds is 1. The van der Waals surface area contributed by atoms with Crippen molar-refractivity contribution in [2.45, 2.75) is 6.92 Å². The molecule has 4 nitrogen and oxygen atoms in total. The zero-order valence-electron chi connectivity index (χ0n) is 5.19. The van der Waals surface area contributed by atoms with Gasteiger partial charge in [0.15, 0.2) is 5.78 Å². The Morgan fingerprint density at radius 3 is 2.30 bits per heavy atom. The van der Waals surface area contributed by atoms with Crippen LogP contribution in [0.2, 0.25) is 0 Å². The molecule has 0 radical (unpaired) electrons. The van der Waals surface area contributed by atoms with Crippen LogP contribution in [0.4, 0.5) is 0 Å². The SMILES string of the molecule is CC(=O)c1c(Br)[nH][nH]c1=O. The minimum absolute atomic E-state index is 0.139. The number of carbonyl (C=O) groups is 1. The first-order chi connectivity index (χ1) is 4.63. The highest BCUT2D eigenvalue weighted by atomic mass is 79.9. The number of aromatic nitrogens is 2. The molecule has 0 atom stereocenters. The lowest BCUT2D eigenvalue weighted by molar-refractivity contribution is 0.101. The third-order valence-electron chi connectivity index (χ3n) is 1.08. The van der Waals surface area contributed by atoms with Gasteiger partial charge in [-0.05, 0) is 22.9 Å². The highest BCUT2D eigenvalue weighted by molar-refractivity contribution is 9.10. The van der Waals surface area contributed by atoms with E-state index < -0.39 is 0 Å². The second kappa shape index (κ2) is 2.42. The van der Waals surface area contributed by atoms with Crippen LogP contribution in [0.15, 0.2) is 9.40 Å². The van der Waals surface area contributed by atoms with Gasteiger partial charge in [0.05, 0.1) is 0 Å². The van der Waals surface area contributed by atoms with E-state index in [1.807, 2.05) is 0 Å². The fourth-order valence-corrected chi connectivity index (χ4v) is 1.21. The van der Waals surface area contributed by atoms with E-state index in [0.717, 1.165) is 0 Å². The predicted molar refractivity (Wildman–Crippen MR) is 39.1 cm³/mol. The summed E-state index contributed by atoms with van der Waals surface area (Å²) in [6.45, 7) is 1.34. The molecule has 0 bridgehead atoms. The Hall–Kier alpha value is -0.840. The van der Waals surface area contributed by atoms with E-state index in [0.29, 0.717) is 4.60 Å². The monoisotopic (exact) mass is 204 g/mol. The van der Waals surface area contributed by atoms with Crippen molar-refractivity contribution in [2.24, 2.45) is 0 Å². The fourth-order valence-electron chi connectivity index (χ4n) is 0.651. The smallest absolute Gasteiger partial charge is 0.275 e. The average Bonchev–Trinajstić information content (AvgIpc) is 2.11. The number of halogens is 1. The van der Waals surface area contributed by atoms with Crippen LogP contribution in [0.25, 0.3) is 0 Å². The molecule has 2 N–H and O–H groups in total. The maximum atomic E-state index is 10.7. The summed E-state index contributed by atoms with van der Waals surface area (Å²) in [6, 6.07) is 0. The van der Waals surface area contributed by atoms with Crippen LogP contribution >= 0.6 is 15.9 Å². The molecular formula is C5H5BrN2O2. The number of H-pyrrole nitrogens is 2. The standard InChI is InChI=1S/C5H5BrN2O2/c1-2(9)3-4(6)7-8-5(3)10/h1H3,(H2,7,8,10). The van der Waals surface area contributed by atoms with Crippen molar-refractivity contribution in [3.63, 3.8) is 0 Å². The topological polar surface area (TPSA) is 65.7 Å². The molecule has 0 spiro atoms. The maximum absolute atomic E-state index is 10.7. The van der Waals surface area contributed by atoms with Crippen LogP contribution < -0.4 is 5.56 Å². The molecule has 0 amide bonds. The van der Waals surface area contributed by atoms with Gasteiger partial charge in [-0.1, -0.05) is 0 Å². The van der Waals surface area contributed by atoms with Crippen LogP contribution in [0.5, 0.6) is 0 Å². The van der Waals surface area contributed by atoms with E-state index in [1.165, 1.54) is 6.92 Å². The van der Waals surface area contributed by atoms with Crippen LogP contribution in [-0.4, -0.2) is 16.0 Å². The minimum Gasteiger partial charge on any atom is -0.294 e. The summed E-state index contributed by atoms with van der Waals surface area (Å²) in [7, 11) is 0. The molecule has 0 saturated carbocycles. The van der Waals surface area contributed by atoms with E-state index in [1.54, 1.807) is 0 Å². The van der Waals surface area contributed by atoms with Gasteiger partial charge in [-0.15, -0.1) is 0 Å². The van der Waals surface area contributed by atoms with E-state index >= 15 is 0 Å². The van der Waals surface area contributed by atoms with Gasteiger partial charge in [0.2, 0.25) is 0 Å². The first kappa shape index (κ1) is 7.27. The van der Waals surface area contributed by atoms with Crippen molar-refractivity contribution in [1.82, 2.24) is 10.2 Å². The Bertz CT molecular complexity index is 312. The molecule has 1 aromatic rings. The number of nitrogens with one attached hydrogen (secondary N) is 2. The van der Waals surface area contributed by atoms with Crippen molar-refractivity contribution < 1.29 is 4.79 Å². The molecule has 0 aromatic carbocycles. The lowest BCUT2D eigenvalue weighted by Crippen LogP contribution is -2.09. The molecule has 54 valence electrons. The van der Waals surface area contributed by atoms with Gasteiger partial charge in [0.1, 0.15) is 10.2 Å². The lowest BCUT2D eigenvalue weighted by atomic mass is 10.3. The van der Waals surface area contributed by atoms with Crippen LogP contribution in [0, 0.1) is 0 Å². The fraction of sp³-hybridized carbons (Fsp3) is 0.200. The second-order valence-corrected chi connectivity index (χ2v) is 2.62. The molecule has 1 aromatic heterocycles. The van der Waals surface area contributed by atoms with Gasteiger partial charge < -0.3 is 0 Å². The molecule has 0 aliphatic carbocycles. The first-order valence-corrected chi connectivity index (χ1v) is 3.39. The summed E-state index contributed by atoms with van der Waals surface area (Å²) in [5.41, 5.74) is -0.251. The van der Waals surface area contributed by atoms with E-state index in [9.17, 15) is 9.59 Å². The first-order valence-electron chi connectivity index (χ1n) is 2.60. The maximum Gasteiger partial charge on any atom is 0.275 e. The molecule has 0 unspecified atom stereocenters. The van der Waals surface area contributed by atoms with Gasteiger partial charge in [0, 0.05) is 0 Å². The van der Waals surface area contributed by atoms with Crippen molar-refractivity contribution in [3.05, 3.63) is 20.5 Å². The highest BCUT2D eigenvalue weighted by Crippen LogP contribution is 2.07. The van der Waals surface area contributed by atoms with Crippen LogP contribution in [-0.2, 0) is 0 Å². The number of ketones is 1. The Morgan fingerprint density at radius 2 is 2.10 bits per heavy atom. The van der Waals surface area contributed by atoms with Crippen molar-refractivity contribution >= 4 is 21.7 Å². The van der Waals surface area contributed by atoms with Gasteiger partial charge in [-0.25, -0.2) is 0 Å². The van der Waals surface area contributed by atoms with E-state index in [-0.39, 0.29) is 16.9 Å². The molecule has 0 fully saturated rings. The van der Waals surface area contributed by atoms with Gasteiger partial charge in [0.25, 0.3) is 5.56 Å². The minimum atomic E-state index is -0.389. The normalized spacial score (nSPS) is 9.80. The predicted octanol–water partition coefficient (Wildman–Crippen LogP) is 0.668. The van der Waals surface area contributed by atoms with Crippen LogP contribution in [0.1, 0.15) is 17.3 Å². The number of hydrogen-bond acceptors (Lipinski definition) is 2. The number of aromatic amines is 2. The Morgan fingerprint density at radius 1 is 1.50 bits per heavy atom. The third-order valence-corrected chi connectivity index (χ3v) is 1.68. The molecule has 10 heavy (non-hydrogen) atoms. The molecule has 5 heteroatoms. The quantitative estimate of drug-likeness (QED) is 0.661.